The number of nitrogens with zero attached hydrogens (tertiary/aromatic N) is 1. The predicted molar refractivity (Wildman–Crippen MR) is 47.6 cm³/mol. The number of nitrogens with one attached hydrogen (secondary N) is 1. The Bertz CT molecular complexity index is 267. The van der Waals surface area contributed by atoms with Crippen LogP contribution < -0.4 is 5.32 Å². The predicted octanol–water partition coefficient (Wildman–Crippen LogP) is -0.643. The topological polar surface area (TPSA) is 49.4 Å². The highest BCUT2D eigenvalue weighted by molar-refractivity contribution is 5.94. The number of amides is 2. The van der Waals surface area contributed by atoms with Gasteiger partial charge in [0.2, 0.25) is 11.8 Å². The molecule has 13 heavy (non-hydrogen) atoms. The van der Waals surface area contributed by atoms with Gasteiger partial charge in [-0.05, 0) is 6.42 Å². The number of likely N-dealkylation sites (N-methyl/N-ethyl adjacent to an activating group) is 1. The molecule has 0 saturated carbocycles. The molecule has 1 fully saturated rings. The van der Waals surface area contributed by atoms with Crippen LogP contribution in [0, 0.1) is 12.3 Å². The van der Waals surface area contributed by atoms with Gasteiger partial charge in [0.25, 0.3) is 0 Å². The number of carbonyl (C=O) groups excluding carboxylic acids is 2. The maximum atomic E-state index is 11.4. The van der Waals surface area contributed by atoms with Crippen molar-refractivity contribution in [2.45, 2.75) is 18.9 Å². The molecule has 0 aromatic carbocycles. The maximum absolute atomic E-state index is 11.4. The molecule has 4 heteroatoms. The number of rotatable bonds is 2. The second kappa shape index (κ2) is 3.94. The maximum Gasteiger partial charge on any atom is 0.245 e. The van der Waals surface area contributed by atoms with E-state index in [0.717, 1.165) is 0 Å². The van der Waals surface area contributed by atoms with Gasteiger partial charge >= 0.3 is 0 Å². The summed E-state index contributed by atoms with van der Waals surface area (Å²) in [5.41, 5.74) is 0. The van der Waals surface area contributed by atoms with Crippen molar-refractivity contribution in [1.29, 1.82) is 0 Å². The average molecular weight is 180 g/mol. The van der Waals surface area contributed by atoms with Gasteiger partial charge in [-0.3, -0.25) is 9.59 Å². The Labute approximate surface area is 77.3 Å². The Morgan fingerprint density at radius 3 is 3.00 bits per heavy atom. The molecule has 1 atom stereocenters. The summed E-state index contributed by atoms with van der Waals surface area (Å²) in [6.07, 6.45) is 6.10. The fraction of sp³-hybridized carbons (Fsp3) is 0.556. The summed E-state index contributed by atoms with van der Waals surface area (Å²) in [7, 11) is 1.62. The molecule has 70 valence electrons. The third-order valence-corrected chi connectivity index (χ3v) is 1.97. The average Bonchev–Trinajstić information content (AvgIpc) is 2.09. The van der Waals surface area contributed by atoms with Crippen LogP contribution in [-0.2, 0) is 9.59 Å². The third-order valence-electron chi connectivity index (χ3n) is 1.97. The molecule has 0 aromatic heterocycles. The molecule has 1 heterocycles. The van der Waals surface area contributed by atoms with Crippen molar-refractivity contribution in [3.05, 3.63) is 0 Å². The minimum absolute atomic E-state index is 0.0603. The van der Waals surface area contributed by atoms with E-state index in [0.29, 0.717) is 12.8 Å². The first kappa shape index (κ1) is 9.59. The Kier molecular flexibility index (Phi) is 2.91. The molecule has 1 rings (SSSR count). The molecule has 1 N–H and O–H groups in total. The van der Waals surface area contributed by atoms with Crippen LogP contribution in [0.25, 0.3) is 0 Å². The van der Waals surface area contributed by atoms with E-state index in [-0.39, 0.29) is 18.4 Å². The fourth-order valence-corrected chi connectivity index (χ4v) is 1.28. The summed E-state index contributed by atoms with van der Waals surface area (Å²) in [5.74, 6) is 2.26. The zero-order chi connectivity index (χ0) is 9.84. The molecule has 0 aliphatic carbocycles. The van der Waals surface area contributed by atoms with E-state index in [9.17, 15) is 9.59 Å². The van der Waals surface area contributed by atoms with E-state index < -0.39 is 6.04 Å². The number of piperazine rings is 1. The van der Waals surface area contributed by atoms with Gasteiger partial charge in [0, 0.05) is 13.5 Å². The van der Waals surface area contributed by atoms with Crippen LogP contribution in [0.2, 0.25) is 0 Å². The molecule has 1 aliphatic rings. The van der Waals surface area contributed by atoms with E-state index in [1.165, 1.54) is 4.90 Å². The van der Waals surface area contributed by atoms with E-state index in [1.807, 2.05) is 0 Å². The third kappa shape index (κ3) is 2.22. The second-order valence-corrected chi connectivity index (χ2v) is 3.06. The number of carbonyl (C=O) groups is 2. The monoisotopic (exact) mass is 180 g/mol. The molecule has 2 amide bonds. The molecule has 4 nitrogen and oxygen atoms in total. The van der Waals surface area contributed by atoms with Crippen molar-refractivity contribution >= 4 is 11.8 Å². The van der Waals surface area contributed by atoms with Crippen LogP contribution in [0.4, 0.5) is 0 Å². The van der Waals surface area contributed by atoms with E-state index >= 15 is 0 Å². The Morgan fingerprint density at radius 1 is 1.69 bits per heavy atom. The van der Waals surface area contributed by atoms with Crippen LogP contribution in [0.3, 0.4) is 0 Å². The lowest BCUT2D eigenvalue weighted by Gasteiger charge is -2.29. The van der Waals surface area contributed by atoms with Crippen molar-refractivity contribution < 1.29 is 9.59 Å². The second-order valence-electron chi connectivity index (χ2n) is 3.06. The Balaban J connectivity index is 2.57. The first-order valence-electron chi connectivity index (χ1n) is 4.13. The van der Waals surface area contributed by atoms with E-state index in [4.69, 9.17) is 6.42 Å². The minimum atomic E-state index is -0.428. The van der Waals surface area contributed by atoms with Crippen molar-refractivity contribution in [2.75, 3.05) is 13.6 Å². The quantitative estimate of drug-likeness (QED) is 0.574. The first-order chi connectivity index (χ1) is 6.15. The largest absolute Gasteiger partial charge is 0.343 e. The van der Waals surface area contributed by atoms with Crippen molar-refractivity contribution in [2.24, 2.45) is 0 Å². The highest BCUT2D eigenvalue weighted by Gasteiger charge is 2.29. The van der Waals surface area contributed by atoms with Gasteiger partial charge in [0.05, 0.1) is 6.54 Å². The SMILES string of the molecule is C#CCCC1NC(=O)CN(C)C1=O. The lowest BCUT2D eigenvalue weighted by molar-refractivity contribution is -0.142. The molecule has 0 radical (unpaired) electrons. The number of hydrogen-bond donors (Lipinski definition) is 1. The van der Waals surface area contributed by atoms with Gasteiger partial charge in [0.1, 0.15) is 6.04 Å². The molecule has 0 spiro atoms. The minimum Gasteiger partial charge on any atom is -0.343 e. The summed E-state index contributed by atoms with van der Waals surface area (Å²) in [4.78, 5) is 23.9. The van der Waals surface area contributed by atoms with Gasteiger partial charge in [-0.1, -0.05) is 0 Å². The highest BCUT2D eigenvalue weighted by atomic mass is 16.2. The lowest BCUT2D eigenvalue weighted by atomic mass is 10.1. The Hall–Kier alpha value is -1.50. The summed E-state index contributed by atoms with van der Waals surface area (Å²) >= 11 is 0. The number of terminal acetylenes is 1. The van der Waals surface area contributed by atoms with Gasteiger partial charge in [-0.25, -0.2) is 0 Å². The lowest BCUT2D eigenvalue weighted by Crippen LogP contribution is -2.56. The highest BCUT2D eigenvalue weighted by Crippen LogP contribution is 2.05. The van der Waals surface area contributed by atoms with E-state index in [2.05, 4.69) is 11.2 Å². The van der Waals surface area contributed by atoms with Crippen molar-refractivity contribution in [3.63, 3.8) is 0 Å². The zero-order valence-electron chi connectivity index (χ0n) is 7.54. The van der Waals surface area contributed by atoms with Crippen molar-refractivity contribution in [1.82, 2.24) is 10.2 Å². The molecule has 1 aliphatic heterocycles. The number of hydrogen-bond acceptors (Lipinski definition) is 2. The smallest absolute Gasteiger partial charge is 0.245 e. The standard InChI is InChI=1S/C9H12N2O2/c1-3-4-5-7-9(13)11(2)6-8(12)10-7/h1,7H,4-6H2,2H3,(H,10,12). The molecule has 0 aromatic rings. The van der Waals surface area contributed by atoms with Crippen LogP contribution in [0.15, 0.2) is 0 Å². The normalized spacial score (nSPS) is 22.5. The van der Waals surface area contributed by atoms with Crippen LogP contribution >= 0.6 is 0 Å². The molecule has 1 saturated heterocycles. The molecule has 0 bridgehead atoms. The fourth-order valence-electron chi connectivity index (χ4n) is 1.28. The summed E-state index contributed by atoms with van der Waals surface area (Å²) < 4.78 is 0. The summed E-state index contributed by atoms with van der Waals surface area (Å²) in [5, 5.41) is 2.61. The molecular weight excluding hydrogens is 168 g/mol. The van der Waals surface area contributed by atoms with Gasteiger partial charge in [0.15, 0.2) is 0 Å². The van der Waals surface area contributed by atoms with Gasteiger partial charge < -0.3 is 10.2 Å². The summed E-state index contributed by atoms with van der Waals surface area (Å²) in [6.45, 7) is 0.144. The van der Waals surface area contributed by atoms with Crippen LogP contribution in [0.5, 0.6) is 0 Å². The van der Waals surface area contributed by atoms with Gasteiger partial charge in [-0.15, -0.1) is 12.3 Å². The van der Waals surface area contributed by atoms with Gasteiger partial charge in [-0.2, -0.15) is 0 Å². The van der Waals surface area contributed by atoms with E-state index in [1.54, 1.807) is 7.05 Å². The molecular formula is C9H12N2O2. The van der Waals surface area contributed by atoms with Crippen LogP contribution in [-0.4, -0.2) is 36.3 Å². The summed E-state index contributed by atoms with van der Waals surface area (Å²) in [6, 6.07) is -0.428. The van der Waals surface area contributed by atoms with Crippen LogP contribution in [0.1, 0.15) is 12.8 Å². The first-order valence-corrected chi connectivity index (χ1v) is 4.13. The molecule has 1 unspecified atom stereocenters. The van der Waals surface area contributed by atoms with Crippen molar-refractivity contribution in [3.8, 4) is 12.3 Å². The Morgan fingerprint density at radius 2 is 2.38 bits per heavy atom. The zero-order valence-corrected chi connectivity index (χ0v) is 7.54.